The molecule has 1 aliphatic heterocycles. The molecular formula is C37H53N5O11. The Hall–Kier alpha value is -4.45. The summed E-state index contributed by atoms with van der Waals surface area (Å²) in [4.78, 5) is 52.4. The summed E-state index contributed by atoms with van der Waals surface area (Å²) in [5.74, 6) is -1.31. The number of carbonyl (C=O) groups excluding carboxylic acids is 3. The van der Waals surface area contributed by atoms with E-state index in [1.165, 1.54) is 11.0 Å². The molecule has 2 aromatic carbocycles. The van der Waals surface area contributed by atoms with Crippen LogP contribution in [0.25, 0.3) is 0 Å². The van der Waals surface area contributed by atoms with Gasteiger partial charge in [0.1, 0.15) is 30.6 Å². The van der Waals surface area contributed by atoms with Crippen molar-refractivity contribution in [2.45, 2.75) is 77.3 Å². The van der Waals surface area contributed by atoms with Gasteiger partial charge in [-0.05, 0) is 38.1 Å². The first-order valence-corrected chi connectivity index (χ1v) is 17.6. The molecule has 0 radical (unpaired) electrons. The van der Waals surface area contributed by atoms with Crippen molar-refractivity contribution in [3.8, 4) is 5.75 Å². The number of aliphatic hydroxyl groups excluding tert-OH is 5. The Morgan fingerprint density at radius 1 is 0.943 bits per heavy atom. The number of Topliss-reactive ketones (excluding diaryl/α,β-unsaturated/α-hetero) is 1. The molecular weight excluding hydrogens is 690 g/mol. The quantitative estimate of drug-likeness (QED) is 0.130. The lowest BCUT2D eigenvalue weighted by Gasteiger charge is -2.28. The van der Waals surface area contributed by atoms with Gasteiger partial charge in [0.2, 0.25) is 5.91 Å². The van der Waals surface area contributed by atoms with Crippen LogP contribution in [0.3, 0.4) is 0 Å². The Balaban J connectivity index is 0.000000496. The van der Waals surface area contributed by atoms with Crippen LogP contribution in [0.15, 0.2) is 53.6 Å². The highest BCUT2D eigenvalue weighted by Gasteiger charge is 2.36. The van der Waals surface area contributed by atoms with Gasteiger partial charge in [-0.3, -0.25) is 14.5 Å². The average Bonchev–Trinajstić information content (AvgIpc) is 3.24. The third kappa shape index (κ3) is 12.6. The zero-order valence-corrected chi connectivity index (χ0v) is 30.6. The fourth-order valence-electron chi connectivity index (χ4n) is 5.75. The van der Waals surface area contributed by atoms with E-state index in [0.29, 0.717) is 11.4 Å². The molecule has 8 N–H and O–H groups in total. The number of rotatable bonds is 15. The van der Waals surface area contributed by atoms with Gasteiger partial charge in [0.15, 0.2) is 12.4 Å². The second kappa shape index (κ2) is 20.1. The van der Waals surface area contributed by atoms with Crippen LogP contribution in [0, 0.1) is 11.3 Å². The molecule has 53 heavy (non-hydrogen) atoms. The highest BCUT2D eigenvalue weighted by molar-refractivity contribution is 6.13. The zero-order valence-electron chi connectivity index (χ0n) is 30.6. The summed E-state index contributed by atoms with van der Waals surface area (Å²) in [5.41, 5.74) is 1.89. The van der Waals surface area contributed by atoms with Crippen LogP contribution in [0.2, 0.25) is 0 Å². The number of nitrogens with zero attached hydrogens (tertiary/aromatic N) is 3. The predicted octanol–water partition coefficient (Wildman–Crippen LogP) is 1.57. The molecule has 292 valence electrons. The number of hydrogen-bond donors (Lipinski definition) is 8. The van der Waals surface area contributed by atoms with Crippen molar-refractivity contribution in [2.24, 2.45) is 16.4 Å². The van der Waals surface area contributed by atoms with Gasteiger partial charge in [-0.2, -0.15) is 5.10 Å². The number of likely N-dealkylation sites (N-methyl/N-ethyl adjacent to an activating group) is 1. The number of benzene rings is 2. The first kappa shape index (κ1) is 43.0. The molecule has 0 saturated heterocycles. The van der Waals surface area contributed by atoms with Gasteiger partial charge < -0.3 is 46.0 Å². The molecule has 2 aliphatic rings. The average molecular weight is 744 g/mol. The standard InChI is InChI=1S/C30H36N4O6.C7H17NO5/c1-30(2,3)25(35)17-33-24-15-8-7-14-23(24)28(20-10-5-4-6-11-20)32-34(29(33)39)18-26(36)31-21-12-9-13-22(16-21)40-19-27(37)38;1-8-2-4(10)6(12)7(13)5(11)3-9/h7-9,12-16,20H,4-6,10-11,17-19H2,1-3H3,(H,31,36)(H,37,38);4-13H,2-3H2,1H3/t;4-,5+,6+,7+/m.0/s1. The number of fused-ring (bicyclic) bond motifs is 1. The number of hydrazone groups is 1. The maximum absolute atomic E-state index is 13.9. The molecule has 3 amide bonds. The molecule has 2 aromatic rings. The Bertz CT molecular complexity index is 1570. The number of amides is 3. The lowest BCUT2D eigenvalue weighted by molar-refractivity contribution is -0.139. The lowest BCUT2D eigenvalue weighted by Crippen LogP contribution is -2.48. The maximum atomic E-state index is 13.9. The fourth-order valence-corrected chi connectivity index (χ4v) is 5.75. The number of carboxylic acids is 1. The van der Waals surface area contributed by atoms with E-state index in [4.69, 9.17) is 35.4 Å². The molecule has 1 fully saturated rings. The van der Waals surface area contributed by atoms with E-state index in [9.17, 15) is 24.3 Å². The number of aliphatic carboxylic acids is 1. The largest absolute Gasteiger partial charge is 0.482 e. The van der Waals surface area contributed by atoms with Crippen LogP contribution in [-0.2, 0) is 14.4 Å². The molecule has 0 aromatic heterocycles. The first-order valence-electron chi connectivity index (χ1n) is 17.6. The van der Waals surface area contributed by atoms with Crippen molar-refractivity contribution in [3.63, 3.8) is 0 Å². The predicted molar refractivity (Wildman–Crippen MR) is 197 cm³/mol. The van der Waals surface area contributed by atoms with Crippen LogP contribution >= 0.6 is 0 Å². The van der Waals surface area contributed by atoms with Crippen LogP contribution in [-0.4, -0.2) is 129 Å². The molecule has 0 bridgehead atoms. The minimum atomic E-state index is -1.55. The number of aliphatic hydroxyl groups is 5. The number of carbonyl (C=O) groups is 4. The summed E-state index contributed by atoms with van der Waals surface area (Å²) in [6, 6.07) is 13.3. The number of nitrogens with one attached hydrogen (secondary N) is 2. The van der Waals surface area contributed by atoms with Gasteiger partial charge >= 0.3 is 12.0 Å². The molecule has 16 nitrogen and oxygen atoms in total. The number of anilines is 2. The molecule has 16 heteroatoms. The van der Waals surface area contributed by atoms with E-state index in [1.54, 1.807) is 25.2 Å². The molecule has 4 rings (SSSR count). The van der Waals surface area contributed by atoms with Gasteiger partial charge in [-0.1, -0.05) is 64.3 Å². The lowest BCUT2D eigenvalue weighted by atomic mass is 9.83. The zero-order chi connectivity index (χ0) is 39.3. The second-order valence-corrected chi connectivity index (χ2v) is 14.1. The van der Waals surface area contributed by atoms with E-state index in [-0.39, 0.29) is 37.1 Å². The van der Waals surface area contributed by atoms with Crippen LogP contribution in [0.5, 0.6) is 5.75 Å². The number of urea groups is 1. The number of hydrogen-bond acceptors (Lipinski definition) is 12. The Morgan fingerprint density at radius 3 is 2.23 bits per heavy atom. The maximum Gasteiger partial charge on any atom is 0.345 e. The van der Waals surface area contributed by atoms with Crippen molar-refractivity contribution in [3.05, 3.63) is 54.1 Å². The number of ether oxygens (including phenoxy) is 1. The summed E-state index contributed by atoms with van der Waals surface area (Å²) in [7, 11) is 1.57. The Kier molecular flexibility index (Phi) is 16.3. The van der Waals surface area contributed by atoms with E-state index >= 15 is 0 Å². The van der Waals surface area contributed by atoms with Gasteiger partial charge in [0.25, 0.3) is 0 Å². The topological polar surface area (TPSA) is 242 Å². The minimum Gasteiger partial charge on any atom is -0.482 e. The van der Waals surface area contributed by atoms with E-state index < -0.39 is 61.0 Å². The third-order valence-corrected chi connectivity index (χ3v) is 8.79. The minimum absolute atomic E-state index is 0.0936. The number of ketones is 1. The van der Waals surface area contributed by atoms with Crippen molar-refractivity contribution < 1.29 is 54.6 Å². The molecule has 0 unspecified atom stereocenters. The summed E-state index contributed by atoms with van der Waals surface area (Å²) in [5, 5.41) is 65.0. The number of para-hydroxylation sites is 1. The summed E-state index contributed by atoms with van der Waals surface area (Å²) < 4.78 is 5.19. The highest BCUT2D eigenvalue weighted by Crippen LogP contribution is 2.34. The summed E-state index contributed by atoms with van der Waals surface area (Å²) in [6.07, 6.45) is -0.500. The Morgan fingerprint density at radius 2 is 1.60 bits per heavy atom. The van der Waals surface area contributed by atoms with Gasteiger partial charge in [-0.25, -0.2) is 14.6 Å². The summed E-state index contributed by atoms with van der Waals surface area (Å²) >= 11 is 0. The van der Waals surface area contributed by atoms with Crippen molar-refractivity contribution in [1.82, 2.24) is 10.3 Å². The normalized spacial score (nSPS) is 17.2. The van der Waals surface area contributed by atoms with Crippen LogP contribution in [0.4, 0.5) is 16.2 Å². The van der Waals surface area contributed by atoms with E-state index in [1.807, 2.05) is 45.0 Å². The second-order valence-electron chi connectivity index (χ2n) is 14.1. The highest BCUT2D eigenvalue weighted by atomic mass is 16.5. The van der Waals surface area contributed by atoms with Crippen molar-refractivity contribution >= 4 is 40.8 Å². The van der Waals surface area contributed by atoms with Gasteiger partial charge in [0.05, 0.1) is 30.7 Å². The summed E-state index contributed by atoms with van der Waals surface area (Å²) in [6.45, 7) is 3.84. The van der Waals surface area contributed by atoms with Gasteiger partial charge in [-0.15, -0.1) is 0 Å². The molecule has 4 atom stereocenters. The molecule has 1 heterocycles. The van der Waals surface area contributed by atoms with Crippen LogP contribution in [0.1, 0.15) is 58.4 Å². The monoisotopic (exact) mass is 743 g/mol. The van der Waals surface area contributed by atoms with Crippen molar-refractivity contribution in [2.75, 3.05) is 50.1 Å². The first-order chi connectivity index (χ1) is 25.1. The van der Waals surface area contributed by atoms with E-state index in [2.05, 4.69) is 10.6 Å². The molecule has 0 spiro atoms. The van der Waals surface area contributed by atoms with Crippen molar-refractivity contribution in [1.29, 1.82) is 0 Å². The van der Waals surface area contributed by atoms with Crippen LogP contribution < -0.4 is 20.3 Å². The molecule has 1 aliphatic carbocycles. The smallest absolute Gasteiger partial charge is 0.345 e. The number of carboxylic acid groups (broad SMARTS) is 1. The fraction of sp³-hybridized carbons (Fsp3) is 0.541. The van der Waals surface area contributed by atoms with Gasteiger partial charge in [0, 0.05) is 35.2 Å². The molecule has 1 saturated carbocycles. The Labute approximate surface area is 309 Å². The van der Waals surface area contributed by atoms with E-state index in [0.717, 1.165) is 48.4 Å². The SMILES string of the molecule is CC(C)(C)C(=O)CN1C(=O)N(CC(=O)Nc2cccc(OCC(=O)O)c2)N=C(C2CCCCC2)c2ccccc21.CNC[C@H](O)[C@@H](O)[C@H](O)[C@H](O)CO. The third-order valence-electron chi connectivity index (χ3n) is 8.79.